The molecule has 0 fully saturated rings. The number of hydrogen-bond donors (Lipinski definition) is 1. The van der Waals surface area contributed by atoms with Gasteiger partial charge < -0.3 is 14.6 Å². The van der Waals surface area contributed by atoms with Gasteiger partial charge in [-0.2, -0.15) is 5.10 Å². The summed E-state index contributed by atoms with van der Waals surface area (Å²) >= 11 is 3.42. The van der Waals surface area contributed by atoms with E-state index in [0.29, 0.717) is 17.0 Å². The SMILES string of the molecule is Cc1c(C(=O)Nc2c(C(=O)N(C)C)nn(C)c2C)oc2ccc(Br)cc12. The van der Waals surface area contributed by atoms with Crippen molar-refractivity contribution in [3.63, 3.8) is 0 Å². The zero-order valence-electron chi connectivity index (χ0n) is 15.2. The van der Waals surface area contributed by atoms with E-state index in [9.17, 15) is 9.59 Å². The van der Waals surface area contributed by atoms with Crippen molar-refractivity contribution >= 4 is 44.4 Å². The molecule has 26 heavy (non-hydrogen) atoms. The maximum atomic E-state index is 12.8. The van der Waals surface area contributed by atoms with Crippen molar-refractivity contribution in [1.29, 1.82) is 0 Å². The van der Waals surface area contributed by atoms with Gasteiger partial charge in [0.2, 0.25) is 0 Å². The van der Waals surface area contributed by atoms with Gasteiger partial charge in [-0.15, -0.1) is 0 Å². The molecule has 0 saturated heterocycles. The van der Waals surface area contributed by atoms with E-state index in [2.05, 4.69) is 26.3 Å². The second-order valence-electron chi connectivity index (χ2n) is 6.28. The molecule has 0 unspecified atom stereocenters. The summed E-state index contributed by atoms with van der Waals surface area (Å²) in [5, 5.41) is 7.88. The highest BCUT2D eigenvalue weighted by atomic mass is 79.9. The highest BCUT2D eigenvalue weighted by Crippen LogP contribution is 2.29. The van der Waals surface area contributed by atoms with Crippen molar-refractivity contribution < 1.29 is 14.0 Å². The molecule has 2 heterocycles. The summed E-state index contributed by atoms with van der Waals surface area (Å²) < 4.78 is 8.20. The molecule has 2 amide bonds. The Morgan fingerprint density at radius 3 is 2.62 bits per heavy atom. The first kappa shape index (κ1) is 18.2. The van der Waals surface area contributed by atoms with Crippen LogP contribution in [0.25, 0.3) is 11.0 Å². The molecule has 136 valence electrons. The molecule has 0 spiro atoms. The summed E-state index contributed by atoms with van der Waals surface area (Å²) in [6, 6.07) is 5.56. The van der Waals surface area contributed by atoms with Gasteiger partial charge in [-0.05, 0) is 32.0 Å². The van der Waals surface area contributed by atoms with Crippen LogP contribution in [0.2, 0.25) is 0 Å². The summed E-state index contributed by atoms with van der Waals surface area (Å²) in [5.74, 6) is -0.488. The quantitative estimate of drug-likeness (QED) is 0.705. The van der Waals surface area contributed by atoms with Crippen molar-refractivity contribution in [3.8, 4) is 0 Å². The zero-order valence-corrected chi connectivity index (χ0v) is 16.8. The van der Waals surface area contributed by atoms with Crippen LogP contribution < -0.4 is 5.32 Å². The van der Waals surface area contributed by atoms with Gasteiger partial charge in [-0.25, -0.2) is 0 Å². The van der Waals surface area contributed by atoms with Crippen molar-refractivity contribution in [2.45, 2.75) is 13.8 Å². The van der Waals surface area contributed by atoms with Gasteiger partial charge in [-0.1, -0.05) is 15.9 Å². The fourth-order valence-electron chi connectivity index (χ4n) is 2.70. The molecule has 0 radical (unpaired) electrons. The van der Waals surface area contributed by atoms with E-state index in [0.717, 1.165) is 15.4 Å². The number of aryl methyl sites for hydroxylation is 2. The summed E-state index contributed by atoms with van der Waals surface area (Å²) in [5.41, 5.74) is 2.63. The third-order valence-electron chi connectivity index (χ3n) is 4.29. The molecule has 0 atom stereocenters. The second-order valence-corrected chi connectivity index (χ2v) is 7.20. The third kappa shape index (κ3) is 3.01. The minimum atomic E-state index is -0.418. The normalized spacial score (nSPS) is 11.0. The van der Waals surface area contributed by atoms with Gasteiger partial charge >= 0.3 is 0 Å². The number of aromatic nitrogens is 2. The topological polar surface area (TPSA) is 80.4 Å². The van der Waals surface area contributed by atoms with Crippen LogP contribution in [0.3, 0.4) is 0 Å². The van der Waals surface area contributed by atoms with Crippen LogP contribution in [0.4, 0.5) is 5.69 Å². The van der Waals surface area contributed by atoms with Crippen LogP contribution in [-0.2, 0) is 7.05 Å². The molecule has 0 bridgehead atoms. The Labute approximate surface area is 159 Å². The van der Waals surface area contributed by atoms with Crippen molar-refractivity contribution in [2.75, 3.05) is 19.4 Å². The van der Waals surface area contributed by atoms with Crippen molar-refractivity contribution in [2.24, 2.45) is 7.05 Å². The Morgan fingerprint density at radius 2 is 1.96 bits per heavy atom. The van der Waals surface area contributed by atoms with Gasteiger partial charge in [-0.3, -0.25) is 14.3 Å². The fourth-order valence-corrected chi connectivity index (χ4v) is 3.06. The Morgan fingerprint density at radius 1 is 1.27 bits per heavy atom. The molecular formula is C18H19BrN4O3. The molecule has 7 nitrogen and oxygen atoms in total. The minimum Gasteiger partial charge on any atom is -0.451 e. The second kappa shape index (κ2) is 6.60. The molecule has 1 aromatic carbocycles. The molecular weight excluding hydrogens is 400 g/mol. The first-order valence-electron chi connectivity index (χ1n) is 7.96. The average Bonchev–Trinajstić information content (AvgIpc) is 3.06. The number of rotatable bonds is 3. The largest absolute Gasteiger partial charge is 0.451 e. The summed E-state index contributed by atoms with van der Waals surface area (Å²) in [6.45, 7) is 3.62. The van der Waals surface area contributed by atoms with E-state index in [4.69, 9.17) is 4.42 Å². The average molecular weight is 419 g/mol. The molecule has 2 aromatic heterocycles. The summed E-state index contributed by atoms with van der Waals surface area (Å²) in [4.78, 5) is 26.6. The molecule has 0 aliphatic rings. The Bertz CT molecular complexity index is 1030. The number of benzene rings is 1. The van der Waals surface area contributed by atoms with Gasteiger partial charge in [0, 0.05) is 36.6 Å². The monoisotopic (exact) mass is 418 g/mol. The van der Waals surface area contributed by atoms with E-state index < -0.39 is 5.91 Å². The summed E-state index contributed by atoms with van der Waals surface area (Å²) in [7, 11) is 5.00. The van der Waals surface area contributed by atoms with Crippen molar-refractivity contribution in [1.82, 2.24) is 14.7 Å². The smallest absolute Gasteiger partial charge is 0.291 e. The first-order chi connectivity index (χ1) is 12.2. The molecule has 3 rings (SSSR count). The molecule has 8 heteroatoms. The third-order valence-corrected chi connectivity index (χ3v) is 4.78. The standard InChI is InChI=1S/C18H19BrN4O3/c1-9-12-8-11(19)6-7-13(12)26-16(9)17(24)20-14-10(2)23(5)21-15(14)18(25)22(3)4/h6-8H,1-5H3,(H,20,24). The van der Waals surface area contributed by atoms with Crippen LogP contribution in [0.15, 0.2) is 27.1 Å². The lowest BCUT2D eigenvalue weighted by Crippen LogP contribution is -2.24. The predicted octanol–water partition coefficient (Wildman–Crippen LogP) is 3.50. The van der Waals surface area contributed by atoms with Crippen LogP contribution in [-0.4, -0.2) is 40.6 Å². The lowest BCUT2D eigenvalue weighted by molar-refractivity contribution is 0.0822. The first-order valence-corrected chi connectivity index (χ1v) is 8.75. The predicted molar refractivity (Wildman–Crippen MR) is 103 cm³/mol. The van der Waals surface area contributed by atoms with Gasteiger partial charge in [0.25, 0.3) is 11.8 Å². The number of nitrogens with zero attached hydrogens (tertiary/aromatic N) is 3. The number of halogens is 1. The van der Waals surface area contributed by atoms with E-state index in [1.54, 1.807) is 38.8 Å². The molecule has 0 aliphatic heterocycles. The van der Waals surface area contributed by atoms with E-state index in [-0.39, 0.29) is 17.4 Å². The number of anilines is 1. The lowest BCUT2D eigenvalue weighted by Gasteiger charge is -2.10. The van der Waals surface area contributed by atoms with E-state index in [1.165, 1.54) is 4.90 Å². The van der Waals surface area contributed by atoms with Crippen LogP contribution in [0, 0.1) is 13.8 Å². The summed E-state index contributed by atoms with van der Waals surface area (Å²) in [6.07, 6.45) is 0. The van der Waals surface area contributed by atoms with E-state index in [1.807, 2.05) is 19.1 Å². The highest BCUT2D eigenvalue weighted by molar-refractivity contribution is 9.10. The molecule has 1 N–H and O–H groups in total. The number of fused-ring (bicyclic) bond motifs is 1. The molecule has 0 saturated carbocycles. The number of hydrogen-bond acceptors (Lipinski definition) is 4. The molecule has 0 aliphatic carbocycles. The van der Waals surface area contributed by atoms with Gasteiger partial charge in [0.15, 0.2) is 11.5 Å². The lowest BCUT2D eigenvalue weighted by atomic mass is 10.1. The number of furan rings is 1. The van der Waals surface area contributed by atoms with E-state index >= 15 is 0 Å². The number of carbonyl (C=O) groups excluding carboxylic acids is 2. The maximum Gasteiger partial charge on any atom is 0.291 e. The van der Waals surface area contributed by atoms with Crippen LogP contribution >= 0.6 is 15.9 Å². The minimum absolute atomic E-state index is 0.194. The van der Waals surface area contributed by atoms with Gasteiger partial charge in [0.1, 0.15) is 5.58 Å². The fraction of sp³-hybridized carbons (Fsp3) is 0.278. The number of nitrogens with one attached hydrogen (secondary N) is 1. The zero-order chi connectivity index (χ0) is 19.2. The van der Waals surface area contributed by atoms with Gasteiger partial charge in [0.05, 0.1) is 11.4 Å². The number of amides is 2. The number of carbonyl (C=O) groups is 2. The van der Waals surface area contributed by atoms with Crippen LogP contribution in [0.1, 0.15) is 32.3 Å². The van der Waals surface area contributed by atoms with Crippen molar-refractivity contribution in [3.05, 3.63) is 45.4 Å². The van der Waals surface area contributed by atoms with Crippen LogP contribution in [0.5, 0.6) is 0 Å². The Balaban J connectivity index is 2.01. The molecule has 3 aromatic rings. The maximum absolute atomic E-state index is 12.8. The Kier molecular flexibility index (Phi) is 4.62. The Hall–Kier alpha value is -2.61. The highest BCUT2D eigenvalue weighted by Gasteiger charge is 2.25.